The molecule has 7 saturated heterocycles. The van der Waals surface area contributed by atoms with E-state index in [0.29, 0.717) is 0 Å². The van der Waals surface area contributed by atoms with Crippen LogP contribution in [0.1, 0.15) is 0 Å². The second-order valence-corrected chi connectivity index (χ2v) is 16.3. The maximum atomic E-state index is 11.2. The van der Waals surface area contributed by atoms with Crippen molar-refractivity contribution in [3.8, 4) is 0 Å². The van der Waals surface area contributed by atoms with E-state index in [4.69, 9.17) is 61.6 Å². The molecule has 7 aliphatic heterocycles. The molecular formula is C35H58O29. The quantitative estimate of drug-likeness (QED) is 0.0769. The highest BCUT2D eigenvalue weighted by Gasteiger charge is 2.56. The Balaban J connectivity index is 1.11. The van der Waals surface area contributed by atoms with Crippen molar-refractivity contribution in [2.45, 2.75) is 172 Å². The first-order chi connectivity index (χ1) is 30.4. The average molecular weight is 943 g/mol. The molecular weight excluding hydrogens is 884 g/mol. The molecule has 0 radical (unpaired) electrons. The van der Waals surface area contributed by atoms with Crippen molar-refractivity contribution in [2.75, 3.05) is 46.2 Å². The highest BCUT2D eigenvalue weighted by atomic mass is 16.8. The van der Waals surface area contributed by atoms with E-state index in [2.05, 4.69) is 0 Å². The van der Waals surface area contributed by atoms with Gasteiger partial charge in [-0.2, -0.15) is 0 Å². The molecule has 29 heteroatoms. The zero-order valence-corrected chi connectivity index (χ0v) is 33.6. The highest BCUT2D eigenvalue weighted by molar-refractivity contribution is 4.97. The van der Waals surface area contributed by atoms with Gasteiger partial charge in [-0.25, -0.2) is 0 Å². The predicted molar refractivity (Wildman–Crippen MR) is 190 cm³/mol. The molecule has 64 heavy (non-hydrogen) atoms. The summed E-state index contributed by atoms with van der Waals surface area (Å²) in [6, 6.07) is 0. The van der Waals surface area contributed by atoms with Crippen LogP contribution in [0.5, 0.6) is 0 Å². The van der Waals surface area contributed by atoms with Crippen LogP contribution < -0.4 is 0 Å². The number of hydrogen-bond acceptors (Lipinski definition) is 29. The molecule has 0 amide bonds. The van der Waals surface area contributed by atoms with Gasteiger partial charge in [0.1, 0.15) is 128 Å². The first-order valence-corrected chi connectivity index (χ1v) is 20.5. The van der Waals surface area contributed by atoms with Crippen LogP contribution in [0.15, 0.2) is 0 Å². The summed E-state index contributed by atoms with van der Waals surface area (Å²) >= 11 is 0. The molecule has 7 heterocycles. The number of ether oxygens (including phenoxy) is 13. The molecule has 28 atom stereocenters. The zero-order chi connectivity index (χ0) is 46.3. The van der Waals surface area contributed by atoms with E-state index in [9.17, 15) is 81.7 Å². The molecule has 7 rings (SSSR count). The molecule has 0 aromatic heterocycles. The van der Waals surface area contributed by atoms with E-state index < -0.39 is 218 Å². The van der Waals surface area contributed by atoms with E-state index in [1.54, 1.807) is 0 Å². The maximum Gasteiger partial charge on any atom is 0.187 e. The minimum Gasteiger partial charge on any atom is -0.394 e. The summed E-state index contributed by atoms with van der Waals surface area (Å²) in [5, 5.41) is 167. The normalized spacial score (nSPS) is 54.0. The van der Waals surface area contributed by atoms with Crippen LogP contribution in [-0.2, 0) is 61.6 Å². The first-order valence-electron chi connectivity index (χ1n) is 20.5. The fourth-order valence-electron chi connectivity index (χ4n) is 8.05. The second-order valence-electron chi connectivity index (χ2n) is 16.3. The fraction of sp³-hybridized carbons (Fsp3) is 1.00. The molecule has 372 valence electrons. The van der Waals surface area contributed by atoms with Gasteiger partial charge in [0.15, 0.2) is 44.0 Å². The smallest absolute Gasteiger partial charge is 0.187 e. The van der Waals surface area contributed by atoms with Gasteiger partial charge in [-0.15, -0.1) is 0 Å². The van der Waals surface area contributed by atoms with E-state index in [-0.39, 0.29) is 0 Å². The lowest BCUT2D eigenvalue weighted by molar-refractivity contribution is -0.385. The average Bonchev–Trinajstić information content (AvgIpc) is 3.71. The Labute approximate surface area is 361 Å². The molecule has 7 fully saturated rings. The van der Waals surface area contributed by atoms with E-state index in [0.717, 1.165) is 0 Å². The van der Waals surface area contributed by atoms with Crippen LogP contribution >= 0.6 is 0 Å². The molecule has 0 aliphatic carbocycles. The SMILES string of the molecule is OC[C@@H]1O[C@@H](O[C@@H]2[C@@H](O[C@@H]3O[C@@H](CO)[C@H](O)[C@H]3O)[C@H](O[C@@H]3CO[C@@H](O[C@@H]4COC(O)[C@H](O)[C@H]4O)[C@H](O)[C@H]3O)OC[C@H]2O[C@@H]2OC[C@@H](O[C@@H]3OC[C@@H](O)[C@H](O)[C@H]3O)[C@H](O)[C@H]2O)[C@H](O)[C@H]1O. The summed E-state index contributed by atoms with van der Waals surface area (Å²) in [5.41, 5.74) is 0. The lowest BCUT2D eigenvalue weighted by atomic mass is 10.0. The Morgan fingerprint density at radius 1 is 0.312 bits per heavy atom. The van der Waals surface area contributed by atoms with Gasteiger partial charge in [0.05, 0.1) is 46.2 Å². The third-order valence-electron chi connectivity index (χ3n) is 12.0. The van der Waals surface area contributed by atoms with Crippen molar-refractivity contribution in [3.05, 3.63) is 0 Å². The summed E-state index contributed by atoms with van der Waals surface area (Å²) in [4.78, 5) is 0. The van der Waals surface area contributed by atoms with Crippen molar-refractivity contribution >= 4 is 0 Å². The van der Waals surface area contributed by atoms with Gasteiger partial charge >= 0.3 is 0 Å². The molecule has 0 aromatic rings. The van der Waals surface area contributed by atoms with Crippen LogP contribution in [0.4, 0.5) is 0 Å². The summed E-state index contributed by atoms with van der Waals surface area (Å²) in [5.74, 6) is 0. The lowest BCUT2D eigenvalue weighted by Crippen LogP contribution is -2.64. The van der Waals surface area contributed by atoms with Crippen molar-refractivity contribution in [1.82, 2.24) is 0 Å². The minimum atomic E-state index is -1.96. The number of rotatable bonds is 14. The monoisotopic (exact) mass is 942 g/mol. The molecule has 29 nitrogen and oxygen atoms in total. The Kier molecular flexibility index (Phi) is 17.1. The lowest BCUT2D eigenvalue weighted by Gasteiger charge is -2.47. The van der Waals surface area contributed by atoms with Crippen LogP contribution in [0, 0.1) is 0 Å². The molecule has 7 aliphatic rings. The van der Waals surface area contributed by atoms with Gasteiger partial charge in [-0.1, -0.05) is 0 Å². The number of aliphatic hydroxyl groups is 16. The van der Waals surface area contributed by atoms with Gasteiger partial charge < -0.3 is 143 Å². The van der Waals surface area contributed by atoms with E-state index >= 15 is 0 Å². The Bertz CT molecular complexity index is 1350. The molecule has 0 spiro atoms. The van der Waals surface area contributed by atoms with Crippen molar-refractivity contribution in [3.63, 3.8) is 0 Å². The van der Waals surface area contributed by atoms with Gasteiger partial charge in [0.25, 0.3) is 0 Å². The highest BCUT2D eigenvalue weighted by Crippen LogP contribution is 2.36. The predicted octanol–water partition coefficient (Wildman–Crippen LogP) is -11.8. The van der Waals surface area contributed by atoms with Gasteiger partial charge in [0, 0.05) is 0 Å². The Morgan fingerprint density at radius 2 is 0.672 bits per heavy atom. The van der Waals surface area contributed by atoms with Gasteiger partial charge in [-0.05, 0) is 0 Å². The van der Waals surface area contributed by atoms with E-state index in [1.165, 1.54) is 0 Å². The van der Waals surface area contributed by atoms with Crippen molar-refractivity contribution in [1.29, 1.82) is 0 Å². The van der Waals surface area contributed by atoms with Crippen LogP contribution in [0.3, 0.4) is 0 Å². The molecule has 0 saturated carbocycles. The van der Waals surface area contributed by atoms with Crippen LogP contribution in [-0.4, -0.2) is 300 Å². The molecule has 16 N–H and O–H groups in total. The summed E-state index contributed by atoms with van der Waals surface area (Å²) < 4.78 is 73.8. The topological polar surface area (TPSA) is 444 Å². The molecule has 0 aromatic carbocycles. The second kappa shape index (κ2) is 21.6. The van der Waals surface area contributed by atoms with Crippen molar-refractivity contribution < 1.29 is 143 Å². The summed E-state index contributed by atoms with van der Waals surface area (Å²) in [6.07, 6.45) is -47.3. The number of hydrogen-bond donors (Lipinski definition) is 16. The number of aliphatic hydroxyl groups excluding tert-OH is 16. The zero-order valence-electron chi connectivity index (χ0n) is 33.6. The van der Waals surface area contributed by atoms with Gasteiger partial charge in [-0.3, -0.25) is 0 Å². The van der Waals surface area contributed by atoms with Crippen molar-refractivity contribution in [2.24, 2.45) is 0 Å². The van der Waals surface area contributed by atoms with Crippen LogP contribution in [0.25, 0.3) is 0 Å². The Hall–Kier alpha value is -1.16. The molecule has 0 bridgehead atoms. The maximum absolute atomic E-state index is 11.2. The first kappa shape index (κ1) is 50.7. The summed E-state index contributed by atoms with van der Waals surface area (Å²) in [7, 11) is 0. The summed E-state index contributed by atoms with van der Waals surface area (Å²) in [6.45, 7) is -4.20. The fourth-order valence-corrected chi connectivity index (χ4v) is 8.05. The van der Waals surface area contributed by atoms with E-state index in [1.807, 2.05) is 0 Å². The van der Waals surface area contributed by atoms with Gasteiger partial charge in [0.2, 0.25) is 0 Å². The standard InChI is InChI=1S/C35H58O29/c36-1-9-16(40)25(49)33(57-9)63-27-14(62-32-24(48)19(43)12(5-55-32)60-30-22(46)15(39)8(38)3-53-30)7-56-35(28(27)64-34-26(50)17(41)10(2-37)58-34)61-13-6-54-31(23(47)20(13)44)59-11-4-52-29(51)21(45)18(11)42/h8-51H,1-7H2/t8-,9+,10+,11-,12-,13-,14-,15+,16+,17+,18+,19+,20+,21-,22-,23-,24-,25-,26-,27+,28-,29?,30+,31+,32+,33+,34+,35+/m1/s1. The van der Waals surface area contributed by atoms with Crippen LogP contribution in [0.2, 0.25) is 0 Å². The minimum absolute atomic E-state index is 0.433. The molecule has 1 unspecified atom stereocenters. The third-order valence-corrected chi connectivity index (χ3v) is 12.0. The third kappa shape index (κ3) is 10.5. The Morgan fingerprint density at radius 3 is 1.16 bits per heavy atom. The largest absolute Gasteiger partial charge is 0.394 e.